The summed E-state index contributed by atoms with van der Waals surface area (Å²) in [4.78, 5) is 26.3. The molecule has 0 atom stereocenters. The van der Waals surface area contributed by atoms with Crippen LogP contribution in [0.5, 0.6) is 0 Å². The zero-order valence-corrected chi connectivity index (χ0v) is 12.1. The molecule has 1 aromatic heterocycles. The maximum Gasteiger partial charge on any atom is 0.242 e. The summed E-state index contributed by atoms with van der Waals surface area (Å²) in [5.74, 6) is 0.408. The molecule has 0 unspecified atom stereocenters. The minimum absolute atomic E-state index is 0.174. The minimum Gasteiger partial charge on any atom is -0.344 e. The molecule has 0 aliphatic heterocycles. The molecule has 108 valence electrons. The molecule has 1 amide bonds. The molecule has 1 saturated carbocycles. The number of hydrogen-bond donors (Lipinski definition) is 0. The average molecular weight is 274 g/mol. The van der Waals surface area contributed by atoms with E-state index in [9.17, 15) is 9.59 Å². The van der Waals surface area contributed by atoms with Crippen LogP contribution in [0.3, 0.4) is 0 Å². The van der Waals surface area contributed by atoms with Crippen LogP contribution in [0.2, 0.25) is 0 Å². The van der Waals surface area contributed by atoms with Crippen molar-refractivity contribution in [3.63, 3.8) is 0 Å². The Kier molecular flexibility index (Phi) is 3.64. The second kappa shape index (κ2) is 5.43. The summed E-state index contributed by atoms with van der Waals surface area (Å²) >= 11 is 0. The third kappa shape index (κ3) is 2.65. The number of hydrogen-bond acceptors (Lipinski definition) is 2. The van der Waals surface area contributed by atoms with Crippen LogP contribution in [0.15, 0.2) is 12.4 Å². The largest absolute Gasteiger partial charge is 0.344 e. The minimum atomic E-state index is 0.174. The van der Waals surface area contributed by atoms with Crippen LogP contribution in [0.1, 0.15) is 54.9 Å². The van der Waals surface area contributed by atoms with Crippen molar-refractivity contribution in [3.8, 4) is 0 Å². The lowest BCUT2D eigenvalue weighted by molar-refractivity contribution is -0.132. The first-order valence-corrected chi connectivity index (χ1v) is 7.70. The second-order valence-electron chi connectivity index (χ2n) is 5.91. The number of fused-ring (bicyclic) bond motifs is 1. The summed E-state index contributed by atoms with van der Waals surface area (Å²) in [6.07, 6.45) is 9.81. The van der Waals surface area contributed by atoms with E-state index in [1.54, 1.807) is 0 Å². The molecule has 2 aliphatic carbocycles. The molecule has 20 heavy (non-hydrogen) atoms. The van der Waals surface area contributed by atoms with E-state index < -0.39 is 0 Å². The van der Waals surface area contributed by atoms with Crippen molar-refractivity contribution in [3.05, 3.63) is 23.5 Å². The number of Topliss-reactive ketones (excluding diaryl/α,β-unsaturated/α-hetero) is 1. The van der Waals surface area contributed by atoms with Gasteiger partial charge in [-0.05, 0) is 44.6 Å². The number of ketones is 1. The molecule has 0 N–H and O–H groups in total. The van der Waals surface area contributed by atoms with Crippen molar-refractivity contribution in [1.82, 2.24) is 9.47 Å². The molecule has 0 bridgehead atoms. The Morgan fingerprint density at radius 1 is 1.30 bits per heavy atom. The highest BCUT2D eigenvalue weighted by Crippen LogP contribution is 2.27. The summed E-state index contributed by atoms with van der Waals surface area (Å²) in [7, 11) is 0. The van der Waals surface area contributed by atoms with Crippen molar-refractivity contribution < 1.29 is 9.59 Å². The molecule has 3 rings (SSSR count). The molecular formula is C16H22N2O2. The van der Waals surface area contributed by atoms with E-state index in [4.69, 9.17) is 0 Å². The molecule has 4 heteroatoms. The van der Waals surface area contributed by atoms with E-state index in [1.807, 2.05) is 28.8 Å². The zero-order chi connectivity index (χ0) is 14.1. The SMILES string of the molecule is CCN(C(=O)Cn1cc2c(c1)C(=O)CCCC2)C1CC1. The molecule has 1 heterocycles. The van der Waals surface area contributed by atoms with Gasteiger partial charge in [0.25, 0.3) is 0 Å². The van der Waals surface area contributed by atoms with Gasteiger partial charge in [-0.25, -0.2) is 0 Å². The number of aryl methyl sites for hydroxylation is 1. The van der Waals surface area contributed by atoms with Gasteiger partial charge < -0.3 is 9.47 Å². The van der Waals surface area contributed by atoms with Gasteiger partial charge in [0.15, 0.2) is 5.78 Å². The van der Waals surface area contributed by atoms with Gasteiger partial charge in [0.1, 0.15) is 6.54 Å². The number of carbonyl (C=O) groups excluding carboxylic acids is 2. The first-order valence-electron chi connectivity index (χ1n) is 7.70. The van der Waals surface area contributed by atoms with Crippen LogP contribution < -0.4 is 0 Å². The van der Waals surface area contributed by atoms with Crippen molar-refractivity contribution in [1.29, 1.82) is 0 Å². The van der Waals surface area contributed by atoms with Crippen LogP contribution in [-0.2, 0) is 17.8 Å². The number of nitrogens with zero attached hydrogens (tertiary/aromatic N) is 2. The molecular weight excluding hydrogens is 252 g/mol. The normalized spacial score (nSPS) is 18.6. The summed E-state index contributed by atoms with van der Waals surface area (Å²) in [5.41, 5.74) is 1.96. The Morgan fingerprint density at radius 3 is 2.75 bits per heavy atom. The monoisotopic (exact) mass is 274 g/mol. The molecule has 2 aliphatic rings. The van der Waals surface area contributed by atoms with Gasteiger partial charge >= 0.3 is 0 Å². The summed E-state index contributed by atoms with van der Waals surface area (Å²) in [6.45, 7) is 3.18. The molecule has 0 radical (unpaired) electrons. The second-order valence-corrected chi connectivity index (χ2v) is 5.91. The van der Waals surface area contributed by atoms with E-state index in [2.05, 4.69) is 0 Å². The van der Waals surface area contributed by atoms with Gasteiger partial charge in [-0.15, -0.1) is 0 Å². The highest BCUT2D eigenvalue weighted by atomic mass is 16.2. The Labute approximate surface area is 119 Å². The molecule has 1 fully saturated rings. The fourth-order valence-electron chi connectivity index (χ4n) is 3.10. The standard InChI is InChI=1S/C16H22N2O2/c1-2-18(13-7-8-13)16(20)11-17-9-12-5-3-4-6-15(19)14(12)10-17/h9-10,13H,2-8,11H2,1H3. The van der Waals surface area contributed by atoms with Gasteiger partial charge in [0, 0.05) is 37.0 Å². The van der Waals surface area contributed by atoms with Gasteiger partial charge in [0.05, 0.1) is 0 Å². The first kappa shape index (κ1) is 13.4. The first-order chi connectivity index (χ1) is 9.69. The van der Waals surface area contributed by atoms with Crippen LogP contribution >= 0.6 is 0 Å². The van der Waals surface area contributed by atoms with Gasteiger partial charge in [-0.3, -0.25) is 9.59 Å². The smallest absolute Gasteiger partial charge is 0.242 e. The maximum absolute atomic E-state index is 12.3. The topological polar surface area (TPSA) is 42.3 Å². The number of amides is 1. The van der Waals surface area contributed by atoms with Gasteiger partial charge in [-0.2, -0.15) is 0 Å². The number of rotatable bonds is 4. The van der Waals surface area contributed by atoms with Crippen LogP contribution in [0.25, 0.3) is 0 Å². The molecule has 0 saturated heterocycles. The molecule has 1 aromatic rings. The van der Waals surface area contributed by atoms with Crippen LogP contribution in [0.4, 0.5) is 0 Å². The highest BCUT2D eigenvalue weighted by molar-refractivity contribution is 5.97. The predicted octanol–water partition coefficient (Wildman–Crippen LogP) is 2.41. The average Bonchev–Trinajstić information content (AvgIpc) is 3.19. The predicted molar refractivity (Wildman–Crippen MR) is 76.7 cm³/mol. The van der Waals surface area contributed by atoms with Crippen molar-refractivity contribution in [2.24, 2.45) is 0 Å². The lowest BCUT2D eigenvalue weighted by Crippen LogP contribution is -2.35. The van der Waals surface area contributed by atoms with E-state index in [-0.39, 0.29) is 11.7 Å². The number of carbonyl (C=O) groups is 2. The van der Waals surface area contributed by atoms with Crippen molar-refractivity contribution in [2.45, 2.75) is 58.0 Å². The summed E-state index contributed by atoms with van der Waals surface area (Å²) in [5, 5.41) is 0. The lowest BCUT2D eigenvalue weighted by Gasteiger charge is -2.20. The Morgan fingerprint density at radius 2 is 2.05 bits per heavy atom. The summed E-state index contributed by atoms with van der Waals surface area (Å²) < 4.78 is 1.90. The maximum atomic E-state index is 12.3. The van der Waals surface area contributed by atoms with E-state index >= 15 is 0 Å². The lowest BCUT2D eigenvalue weighted by atomic mass is 10.1. The fourth-order valence-corrected chi connectivity index (χ4v) is 3.10. The molecule has 4 nitrogen and oxygen atoms in total. The van der Waals surface area contributed by atoms with Crippen molar-refractivity contribution >= 4 is 11.7 Å². The highest BCUT2D eigenvalue weighted by Gasteiger charge is 2.31. The van der Waals surface area contributed by atoms with Gasteiger partial charge in [-0.1, -0.05) is 0 Å². The quantitative estimate of drug-likeness (QED) is 0.791. The fraction of sp³-hybridized carbons (Fsp3) is 0.625. The Balaban J connectivity index is 1.73. The van der Waals surface area contributed by atoms with Crippen molar-refractivity contribution in [2.75, 3.05) is 6.54 Å². The number of likely N-dealkylation sites (N-methyl/N-ethyl adjacent to an activating group) is 1. The number of aromatic nitrogens is 1. The molecule has 0 spiro atoms. The Bertz CT molecular complexity index is 529. The van der Waals surface area contributed by atoms with Crippen LogP contribution in [-0.4, -0.2) is 33.7 Å². The van der Waals surface area contributed by atoms with E-state index in [0.717, 1.165) is 49.8 Å². The Hall–Kier alpha value is -1.58. The summed E-state index contributed by atoms with van der Waals surface area (Å²) in [6, 6.07) is 0.461. The third-order valence-corrected chi connectivity index (χ3v) is 4.33. The van der Waals surface area contributed by atoms with Gasteiger partial charge in [0.2, 0.25) is 5.91 Å². The molecule has 0 aromatic carbocycles. The van der Waals surface area contributed by atoms with E-state index in [0.29, 0.717) is 19.0 Å². The van der Waals surface area contributed by atoms with Crippen LogP contribution in [0, 0.1) is 0 Å². The van der Waals surface area contributed by atoms with E-state index in [1.165, 1.54) is 0 Å². The third-order valence-electron chi connectivity index (χ3n) is 4.33. The zero-order valence-electron chi connectivity index (χ0n) is 12.1.